The van der Waals surface area contributed by atoms with Gasteiger partial charge < -0.3 is 9.84 Å². The molecule has 136 valence electrons. The van der Waals surface area contributed by atoms with Crippen molar-refractivity contribution in [2.75, 3.05) is 0 Å². The van der Waals surface area contributed by atoms with Crippen LogP contribution in [0.25, 0.3) is 0 Å². The van der Waals surface area contributed by atoms with E-state index in [0.29, 0.717) is 10.8 Å². The minimum absolute atomic E-state index is 0.0986. The van der Waals surface area contributed by atoms with Crippen molar-refractivity contribution in [2.24, 2.45) is 7.05 Å². The quantitative estimate of drug-likeness (QED) is 0.829. The van der Waals surface area contributed by atoms with Crippen LogP contribution in [0.4, 0.5) is 0 Å². The molecule has 1 N–H and O–H groups in total. The Bertz CT molecular complexity index is 979. The summed E-state index contributed by atoms with van der Waals surface area (Å²) in [5, 5.41) is 20.1. The number of pyridine rings is 1. The third-order valence-corrected chi connectivity index (χ3v) is 4.86. The number of carbonyl (C=O) groups is 1. The van der Waals surface area contributed by atoms with E-state index in [1.807, 2.05) is 13.8 Å². The predicted octanol–water partition coefficient (Wildman–Crippen LogP) is 3.19. The lowest BCUT2D eigenvalue weighted by molar-refractivity contribution is 0.0812. The van der Waals surface area contributed by atoms with Crippen LogP contribution >= 0.6 is 11.6 Å². The van der Waals surface area contributed by atoms with Gasteiger partial charge in [-0.25, -0.2) is 0 Å². The number of ether oxygens (including phenoxy) is 1. The van der Waals surface area contributed by atoms with Gasteiger partial charge in [0.25, 0.3) is 5.56 Å². The molecule has 0 aliphatic carbocycles. The zero-order chi connectivity index (χ0) is 19.8. The average molecular weight is 375 g/mol. The van der Waals surface area contributed by atoms with Gasteiger partial charge in [-0.1, -0.05) is 11.6 Å². The normalized spacial score (nSPS) is 11.7. The first-order valence-corrected chi connectivity index (χ1v) is 8.28. The Morgan fingerprint density at radius 3 is 2.35 bits per heavy atom. The van der Waals surface area contributed by atoms with Crippen LogP contribution < -0.4 is 10.3 Å². The summed E-state index contributed by atoms with van der Waals surface area (Å²) in [6.45, 7) is 6.65. The van der Waals surface area contributed by atoms with Gasteiger partial charge in [0.2, 0.25) is 11.7 Å². The van der Waals surface area contributed by atoms with Crippen LogP contribution in [0.3, 0.4) is 0 Å². The summed E-state index contributed by atoms with van der Waals surface area (Å²) in [7, 11) is 1.30. The lowest BCUT2D eigenvalue weighted by Gasteiger charge is -2.18. The molecule has 0 amide bonds. The van der Waals surface area contributed by atoms with E-state index in [4.69, 9.17) is 16.3 Å². The molecular formula is C19H19ClN2O4. The number of Topliss-reactive ketones (excluding diaryl/α,β-unsaturated/α-hetero) is 1. The molecular weight excluding hydrogens is 356 g/mol. The molecule has 0 spiro atoms. The van der Waals surface area contributed by atoms with Gasteiger partial charge in [0.05, 0.1) is 5.56 Å². The number of ketones is 1. The molecule has 1 aromatic carbocycles. The Labute approximate surface area is 156 Å². The van der Waals surface area contributed by atoms with E-state index < -0.39 is 23.3 Å². The number of halogens is 1. The summed E-state index contributed by atoms with van der Waals surface area (Å²) in [6, 6.07) is 5.22. The number of aryl methyl sites for hydroxylation is 2. The van der Waals surface area contributed by atoms with E-state index >= 15 is 0 Å². The highest BCUT2D eigenvalue weighted by Crippen LogP contribution is 2.28. The van der Waals surface area contributed by atoms with E-state index in [-0.39, 0.29) is 16.7 Å². The van der Waals surface area contributed by atoms with Gasteiger partial charge in [-0.2, -0.15) is 5.26 Å². The van der Waals surface area contributed by atoms with Crippen molar-refractivity contribution < 1.29 is 14.6 Å². The highest BCUT2D eigenvalue weighted by Gasteiger charge is 2.27. The summed E-state index contributed by atoms with van der Waals surface area (Å²) in [4.78, 5) is 24.8. The maximum atomic E-state index is 12.8. The lowest BCUT2D eigenvalue weighted by atomic mass is 9.99. The molecule has 6 nitrogen and oxygen atoms in total. The van der Waals surface area contributed by atoms with Crippen molar-refractivity contribution in [3.8, 4) is 17.7 Å². The number of aromatic hydroxyl groups is 1. The standard InChI is InChI=1S/C19H19ClN2O4/c1-9-6-13(7-10(2)16(9)20)26-12(4)17(23)15-11(3)14(8-21)18(24)22(5)19(15)25/h6-7,12,25H,1-5H3. The summed E-state index contributed by atoms with van der Waals surface area (Å²) >= 11 is 6.13. The minimum atomic E-state index is -0.941. The second-order valence-corrected chi connectivity index (χ2v) is 6.55. The largest absolute Gasteiger partial charge is 0.494 e. The van der Waals surface area contributed by atoms with E-state index in [1.165, 1.54) is 20.9 Å². The smallest absolute Gasteiger partial charge is 0.271 e. The summed E-state index contributed by atoms with van der Waals surface area (Å²) in [5.41, 5.74) is 0.828. The molecule has 1 heterocycles. The van der Waals surface area contributed by atoms with Crippen LogP contribution in [0.2, 0.25) is 5.02 Å². The number of aromatic nitrogens is 1. The Balaban J connectivity index is 2.46. The van der Waals surface area contributed by atoms with Crippen LogP contribution in [0.5, 0.6) is 11.6 Å². The van der Waals surface area contributed by atoms with Crippen LogP contribution in [0.1, 0.15) is 39.5 Å². The Morgan fingerprint density at radius 1 is 1.31 bits per heavy atom. The van der Waals surface area contributed by atoms with Crippen molar-refractivity contribution in [3.05, 3.63) is 55.3 Å². The highest BCUT2D eigenvalue weighted by atomic mass is 35.5. The van der Waals surface area contributed by atoms with Gasteiger partial charge >= 0.3 is 0 Å². The van der Waals surface area contributed by atoms with Crippen LogP contribution in [0, 0.1) is 32.1 Å². The summed E-state index contributed by atoms with van der Waals surface area (Å²) in [6.07, 6.45) is -0.941. The molecule has 2 rings (SSSR count). The third-order valence-electron chi connectivity index (χ3n) is 4.26. The van der Waals surface area contributed by atoms with Crippen LogP contribution in [0.15, 0.2) is 16.9 Å². The molecule has 1 aromatic heterocycles. The molecule has 7 heteroatoms. The second kappa shape index (κ2) is 7.22. The van der Waals surface area contributed by atoms with Gasteiger partial charge in [0.15, 0.2) is 6.10 Å². The monoisotopic (exact) mass is 374 g/mol. The molecule has 1 atom stereocenters. The molecule has 0 radical (unpaired) electrons. The minimum Gasteiger partial charge on any atom is -0.494 e. The molecule has 0 fully saturated rings. The Morgan fingerprint density at radius 2 is 1.85 bits per heavy atom. The number of nitriles is 1. The van der Waals surface area contributed by atoms with Gasteiger partial charge in [-0.15, -0.1) is 0 Å². The first kappa shape index (κ1) is 19.5. The molecule has 0 saturated carbocycles. The molecule has 0 saturated heterocycles. The number of carbonyl (C=O) groups excluding carboxylic acids is 1. The van der Waals surface area contributed by atoms with Crippen molar-refractivity contribution >= 4 is 17.4 Å². The zero-order valence-corrected chi connectivity index (χ0v) is 15.9. The number of hydrogen-bond donors (Lipinski definition) is 1. The van der Waals surface area contributed by atoms with Crippen molar-refractivity contribution in [2.45, 2.75) is 33.8 Å². The number of nitrogens with zero attached hydrogens (tertiary/aromatic N) is 2. The SMILES string of the molecule is Cc1cc(OC(C)C(=O)c2c(C)c(C#N)c(=O)n(C)c2O)cc(C)c1Cl. The number of hydrogen-bond acceptors (Lipinski definition) is 5. The van der Waals surface area contributed by atoms with Gasteiger partial charge in [-0.05, 0) is 56.5 Å². The molecule has 26 heavy (non-hydrogen) atoms. The van der Waals surface area contributed by atoms with Crippen molar-refractivity contribution in [1.29, 1.82) is 5.26 Å². The van der Waals surface area contributed by atoms with Gasteiger partial charge in [0.1, 0.15) is 17.4 Å². The van der Waals surface area contributed by atoms with Crippen LogP contribution in [-0.2, 0) is 7.05 Å². The van der Waals surface area contributed by atoms with Crippen molar-refractivity contribution in [3.63, 3.8) is 0 Å². The number of rotatable bonds is 4. The first-order chi connectivity index (χ1) is 12.1. The fraction of sp³-hybridized carbons (Fsp3) is 0.316. The van der Waals surface area contributed by atoms with E-state index in [9.17, 15) is 20.0 Å². The van der Waals surface area contributed by atoms with E-state index in [0.717, 1.165) is 15.7 Å². The fourth-order valence-corrected chi connectivity index (χ4v) is 2.86. The maximum absolute atomic E-state index is 12.8. The summed E-state index contributed by atoms with van der Waals surface area (Å²) < 4.78 is 6.59. The zero-order valence-electron chi connectivity index (χ0n) is 15.2. The van der Waals surface area contributed by atoms with Crippen molar-refractivity contribution in [1.82, 2.24) is 4.57 Å². The molecule has 2 aromatic rings. The predicted molar refractivity (Wildman–Crippen MR) is 98.1 cm³/mol. The topological polar surface area (TPSA) is 92.3 Å². The van der Waals surface area contributed by atoms with E-state index in [1.54, 1.807) is 18.2 Å². The molecule has 0 bridgehead atoms. The fourth-order valence-electron chi connectivity index (χ4n) is 2.75. The summed E-state index contributed by atoms with van der Waals surface area (Å²) in [5.74, 6) is -0.555. The maximum Gasteiger partial charge on any atom is 0.271 e. The Hall–Kier alpha value is -2.78. The molecule has 0 aliphatic heterocycles. The number of benzene rings is 1. The van der Waals surface area contributed by atoms with Gasteiger partial charge in [-0.3, -0.25) is 14.2 Å². The first-order valence-electron chi connectivity index (χ1n) is 7.90. The van der Waals surface area contributed by atoms with Crippen LogP contribution in [-0.4, -0.2) is 21.6 Å². The molecule has 1 unspecified atom stereocenters. The average Bonchev–Trinajstić information content (AvgIpc) is 2.58. The Kier molecular flexibility index (Phi) is 5.43. The lowest BCUT2D eigenvalue weighted by Crippen LogP contribution is -2.29. The second-order valence-electron chi connectivity index (χ2n) is 6.17. The third kappa shape index (κ3) is 3.31. The van der Waals surface area contributed by atoms with E-state index in [2.05, 4.69) is 0 Å². The molecule has 0 aliphatic rings. The van der Waals surface area contributed by atoms with Gasteiger partial charge in [0, 0.05) is 12.1 Å². The highest BCUT2D eigenvalue weighted by molar-refractivity contribution is 6.32.